The predicted molar refractivity (Wildman–Crippen MR) is 116 cm³/mol. The number of pyridine rings is 2. The van der Waals surface area contributed by atoms with E-state index in [1.54, 1.807) is 19.5 Å². The van der Waals surface area contributed by atoms with E-state index < -0.39 is 17.3 Å². The summed E-state index contributed by atoms with van der Waals surface area (Å²) in [5.74, 6) is 0. The number of nitrogens with zero attached hydrogens (tertiary/aromatic N) is 3. The van der Waals surface area contributed by atoms with Crippen LogP contribution in [0.4, 0.5) is 4.79 Å². The van der Waals surface area contributed by atoms with Crippen LogP contribution in [-0.4, -0.2) is 46.6 Å². The summed E-state index contributed by atoms with van der Waals surface area (Å²) in [6.07, 6.45) is 3.69. The smallest absolute Gasteiger partial charge is 0.419 e. The number of aromatic nitrogens is 3. The van der Waals surface area contributed by atoms with Crippen LogP contribution < -0.4 is 0 Å². The maximum atomic E-state index is 12.8. The topological polar surface area (TPSA) is 75.5 Å². The molecular formula is C22H24BrN3O4. The number of carbonyl (C=O) groups excluding carboxylic acids is 1. The fourth-order valence-corrected chi connectivity index (χ4v) is 3.95. The van der Waals surface area contributed by atoms with Gasteiger partial charge in [-0.25, -0.2) is 14.8 Å². The maximum Gasteiger partial charge on any atom is 0.419 e. The Bertz CT molecular complexity index is 1100. The lowest BCUT2D eigenvalue weighted by molar-refractivity contribution is -0.0245. The third kappa shape index (κ3) is 3.87. The van der Waals surface area contributed by atoms with E-state index in [1.165, 1.54) is 4.57 Å². The fourth-order valence-electron chi connectivity index (χ4n) is 3.62. The van der Waals surface area contributed by atoms with Crippen molar-refractivity contribution in [2.24, 2.45) is 0 Å². The van der Waals surface area contributed by atoms with Crippen molar-refractivity contribution in [3.05, 3.63) is 47.0 Å². The summed E-state index contributed by atoms with van der Waals surface area (Å²) in [7, 11) is 1.68. The molecule has 3 aromatic heterocycles. The Balaban J connectivity index is 1.84. The van der Waals surface area contributed by atoms with Crippen molar-refractivity contribution in [3.63, 3.8) is 0 Å². The quantitative estimate of drug-likeness (QED) is 0.503. The van der Waals surface area contributed by atoms with Crippen molar-refractivity contribution < 1.29 is 19.0 Å². The normalized spacial score (nSPS) is 19.4. The van der Waals surface area contributed by atoms with Crippen molar-refractivity contribution in [1.29, 1.82) is 0 Å². The van der Waals surface area contributed by atoms with Crippen LogP contribution in [0.5, 0.6) is 0 Å². The standard InChI is InChI=1S/C22H24BrN3O4/c1-21(2,3)30-20(27)26-12-15(14-10-19(23)24-11-17(14)26)16-6-5-7-18(25-16)22(28-4)8-9-29-13-22/h5-7,10-12H,8-9,13H2,1-4H3. The largest absolute Gasteiger partial charge is 0.443 e. The summed E-state index contributed by atoms with van der Waals surface area (Å²) in [5, 5.41) is 0.849. The van der Waals surface area contributed by atoms with Gasteiger partial charge in [0.2, 0.25) is 0 Å². The molecule has 0 amide bonds. The summed E-state index contributed by atoms with van der Waals surface area (Å²) >= 11 is 3.43. The molecule has 0 bridgehead atoms. The number of ether oxygens (including phenoxy) is 3. The fraction of sp³-hybridized carbons (Fsp3) is 0.409. The highest BCUT2D eigenvalue weighted by Gasteiger charge is 2.38. The van der Waals surface area contributed by atoms with Gasteiger partial charge >= 0.3 is 6.09 Å². The molecule has 1 atom stereocenters. The van der Waals surface area contributed by atoms with Gasteiger partial charge in [-0.3, -0.25) is 4.57 Å². The Morgan fingerprint density at radius 1 is 1.33 bits per heavy atom. The zero-order valence-corrected chi connectivity index (χ0v) is 19.0. The van der Waals surface area contributed by atoms with E-state index in [0.29, 0.717) is 23.3 Å². The highest BCUT2D eigenvalue weighted by atomic mass is 79.9. The first-order valence-electron chi connectivity index (χ1n) is 9.73. The van der Waals surface area contributed by atoms with E-state index in [2.05, 4.69) is 20.9 Å². The summed E-state index contributed by atoms with van der Waals surface area (Å²) in [5.41, 5.74) is 1.85. The van der Waals surface area contributed by atoms with Gasteiger partial charge in [-0.1, -0.05) is 6.07 Å². The zero-order chi connectivity index (χ0) is 21.5. The first kappa shape index (κ1) is 21.0. The number of hydrogen-bond acceptors (Lipinski definition) is 6. The predicted octanol–water partition coefficient (Wildman–Crippen LogP) is 4.91. The van der Waals surface area contributed by atoms with E-state index in [-0.39, 0.29) is 0 Å². The molecule has 158 valence electrons. The van der Waals surface area contributed by atoms with Gasteiger partial charge in [-0.15, -0.1) is 0 Å². The molecule has 1 saturated heterocycles. The number of carbonyl (C=O) groups is 1. The van der Waals surface area contributed by atoms with Gasteiger partial charge in [0.15, 0.2) is 0 Å². The van der Waals surface area contributed by atoms with Gasteiger partial charge in [0.1, 0.15) is 15.8 Å². The van der Waals surface area contributed by atoms with Crippen molar-refractivity contribution in [1.82, 2.24) is 14.5 Å². The van der Waals surface area contributed by atoms with Crippen LogP contribution in [0.25, 0.3) is 22.2 Å². The number of halogens is 1. The SMILES string of the molecule is COC1(c2cccc(-c3cn(C(=O)OC(C)(C)C)c4cnc(Br)cc34)n2)CCOC1. The second kappa shape index (κ2) is 7.76. The highest BCUT2D eigenvalue weighted by molar-refractivity contribution is 9.10. The molecule has 1 fully saturated rings. The number of hydrogen-bond donors (Lipinski definition) is 0. The molecule has 8 heteroatoms. The molecule has 7 nitrogen and oxygen atoms in total. The van der Waals surface area contributed by atoms with Crippen LogP contribution in [-0.2, 0) is 19.8 Å². The van der Waals surface area contributed by atoms with Crippen molar-refractivity contribution in [2.45, 2.75) is 38.4 Å². The van der Waals surface area contributed by atoms with Crippen LogP contribution in [0.2, 0.25) is 0 Å². The number of methoxy groups -OCH3 is 1. The highest BCUT2D eigenvalue weighted by Crippen LogP contribution is 2.36. The van der Waals surface area contributed by atoms with E-state index in [0.717, 1.165) is 28.8 Å². The first-order valence-corrected chi connectivity index (χ1v) is 10.5. The average molecular weight is 474 g/mol. The van der Waals surface area contributed by atoms with Gasteiger partial charge in [-0.2, -0.15) is 0 Å². The monoisotopic (exact) mass is 473 g/mol. The molecule has 4 rings (SSSR count). The Labute approximate surface area is 183 Å². The van der Waals surface area contributed by atoms with E-state index >= 15 is 0 Å². The molecule has 1 aliphatic heterocycles. The molecule has 0 spiro atoms. The summed E-state index contributed by atoms with van der Waals surface area (Å²) in [6, 6.07) is 7.70. The molecule has 0 aliphatic carbocycles. The molecule has 30 heavy (non-hydrogen) atoms. The Morgan fingerprint density at radius 2 is 2.13 bits per heavy atom. The Kier molecular flexibility index (Phi) is 5.42. The van der Waals surface area contributed by atoms with Crippen LogP contribution in [0.15, 0.2) is 41.3 Å². The van der Waals surface area contributed by atoms with Gasteiger partial charge < -0.3 is 14.2 Å². The lowest BCUT2D eigenvalue weighted by Crippen LogP contribution is -2.30. The molecule has 0 aromatic carbocycles. The summed E-state index contributed by atoms with van der Waals surface area (Å²) in [4.78, 5) is 22.0. The lowest BCUT2D eigenvalue weighted by atomic mass is 9.97. The average Bonchev–Trinajstić information content (AvgIpc) is 3.32. The molecule has 1 aliphatic rings. The van der Waals surface area contributed by atoms with Gasteiger partial charge in [0.25, 0.3) is 0 Å². The second-order valence-electron chi connectivity index (χ2n) is 8.33. The van der Waals surface area contributed by atoms with Crippen LogP contribution in [0.1, 0.15) is 32.9 Å². The first-order chi connectivity index (χ1) is 14.2. The second-order valence-corrected chi connectivity index (χ2v) is 9.14. The number of rotatable bonds is 3. The third-order valence-electron chi connectivity index (χ3n) is 5.12. The molecule has 0 radical (unpaired) electrons. The van der Waals surface area contributed by atoms with Crippen molar-refractivity contribution in [2.75, 3.05) is 20.3 Å². The number of fused-ring (bicyclic) bond motifs is 1. The van der Waals surface area contributed by atoms with Gasteiger partial charge in [0.05, 0.1) is 29.7 Å². The minimum atomic E-state index is -0.609. The third-order valence-corrected chi connectivity index (χ3v) is 5.55. The van der Waals surface area contributed by atoms with Gasteiger partial charge in [-0.05, 0) is 54.9 Å². The van der Waals surface area contributed by atoms with E-state index in [4.69, 9.17) is 19.2 Å². The lowest BCUT2D eigenvalue weighted by Gasteiger charge is -2.25. The summed E-state index contributed by atoms with van der Waals surface area (Å²) in [6.45, 7) is 6.62. The van der Waals surface area contributed by atoms with Crippen LogP contribution in [0.3, 0.4) is 0 Å². The summed E-state index contributed by atoms with van der Waals surface area (Å²) < 4.78 is 19.1. The molecule has 0 N–H and O–H groups in total. The molecule has 3 aromatic rings. The van der Waals surface area contributed by atoms with E-state index in [9.17, 15) is 4.79 Å². The van der Waals surface area contributed by atoms with Gasteiger partial charge in [0, 0.05) is 37.3 Å². The van der Waals surface area contributed by atoms with E-state index in [1.807, 2.05) is 45.0 Å². The molecule has 4 heterocycles. The zero-order valence-electron chi connectivity index (χ0n) is 17.4. The molecule has 0 saturated carbocycles. The minimum absolute atomic E-state index is 0.461. The van der Waals surface area contributed by atoms with Crippen LogP contribution in [0, 0.1) is 0 Å². The molecular weight excluding hydrogens is 450 g/mol. The Hall–Kier alpha value is -2.29. The van der Waals surface area contributed by atoms with Crippen molar-refractivity contribution in [3.8, 4) is 11.3 Å². The van der Waals surface area contributed by atoms with Crippen LogP contribution >= 0.6 is 15.9 Å². The minimum Gasteiger partial charge on any atom is -0.443 e. The maximum absolute atomic E-state index is 12.8. The molecule has 1 unspecified atom stereocenters. The Morgan fingerprint density at radius 3 is 2.80 bits per heavy atom. The van der Waals surface area contributed by atoms with Crippen molar-refractivity contribution >= 4 is 32.9 Å².